The van der Waals surface area contributed by atoms with Gasteiger partial charge in [-0.15, -0.1) is 21.5 Å². The van der Waals surface area contributed by atoms with Crippen molar-refractivity contribution in [2.75, 3.05) is 165 Å². The summed E-state index contributed by atoms with van der Waals surface area (Å²) in [5, 5.41) is 34.8. The largest absolute Gasteiger partial charge is 0.491 e. The number of nitrogens with one attached hydrogen (secondary N) is 9. The number of aryl methyl sites for hydroxylation is 7. The lowest BCUT2D eigenvalue weighted by molar-refractivity contribution is -0.121. The molecule has 0 radical (unpaired) electrons. The molecule has 39 nitrogen and oxygen atoms in total. The summed E-state index contributed by atoms with van der Waals surface area (Å²) in [6.45, 7) is 12.6. The quantitative estimate of drug-likeness (QED) is 0.0222. The highest BCUT2D eigenvalue weighted by Crippen LogP contribution is 2.40. The molecule has 10 rings (SSSR count). The maximum atomic E-state index is 13.7. The smallest absolute Gasteiger partial charge is 0.291 e. The Bertz CT molecular complexity index is 5020. The lowest BCUT2D eigenvalue weighted by Crippen LogP contribution is -2.33. The van der Waals surface area contributed by atoms with Crippen molar-refractivity contribution in [1.29, 1.82) is 0 Å². The molecule has 2 aromatic carbocycles. The lowest BCUT2D eigenvalue weighted by atomic mass is 9.99. The molecule has 0 bridgehead atoms. The Morgan fingerprint density at radius 1 is 0.458 bits per heavy atom. The Balaban J connectivity index is 0.469. The van der Waals surface area contributed by atoms with Gasteiger partial charge in [0.15, 0.2) is 23.3 Å². The second-order valence-electron chi connectivity index (χ2n) is 27.2. The van der Waals surface area contributed by atoms with Crippen LogP contribution in [0.3, 0.4) is 0 Å². The highest BCUT2D eigenvalue weighted by molar-refractivity contribution is 7.15. The normalized spacial score (nSPS) is 12.2. The number of benzene rings is 2. The van der Waals surface area contributed by atoms with Crippen LogP contribution in [0.25, 0.3) is 5.00 Å². The average molecular weight is 1700 g/mol. The topological polar surface area (TPSA) is 451 Å². The Hall–Kier alpha value is -11.9. The Kier molecular flexibility index (Phi) is 34.6. The number of amides is 9. The zero-order chi connectivity index (χ0) is 85.5. The monoisotopic (exact) mass is 1700 g/mol. The van der Waals surface area contributed by atoms with Crippen molar-refractivity contribution in [3.8, 4) is 10.8 Å². The number of ether oxygens (including phenoxy) is 9. The zero-order valence-corrected chi connectivity index (χ0v) is 69.6. The molecule has 8 heterocycles. The molecule has 9 amide bonds. The van der Waals surface area contributed by atoms with Crippen molar-refractivity contribution in [1.82, 2.24) is 73.8 Å². The molecular formula is C79H100ClN21O18S. The molecule has 1 unspecified atom stereocenters. The first-order valence-electron chi connectivity index (χ1n) is 38.7. The number of anilines is 5. The van der Waals surface area contributed by atoms with Crippen LogP contribution in [0.15, 0.2) is 103 Å². The SMILES string of the molecule is Cc1sc2c(c1C)C(c1ccc(Cl)cc1)=NC(CC(=O)Nc1cccc(OCCOCCOCCOCCOCCOCCOCCOCCOCCNC(=O)CCNC(=O)c3nc(NC(=O)CCNC(=O)c4cc(NC(=O)c5nc(NC(=O)CCNC(=O)c6cc(NC(=O)c7nccn7C)cn6C)cn5C)cn4C)cn3C)c1)c1nnc(C)n1-2. The van der Waals surface area contributed by atoms with E-state index in [0.29, 0.717) is 140 Å². The van der Waals surface area contributed by atoms with Crippen LogP contribution in [-0.2, 0) is 92.3 Å². The molecular weight excluding hydrogens is 1600 g/mol. The predicted octanol–water partition coefficient (Wildman–Crippen LogP) is 5.18. The summed E-state index contributed by atoms with van der Waals surface area (Å²) < 4.78 is 60.0. The van der Waals surface area contributed by atoms with Crippen LogP contribution in [0.5, 0.6) is 5.75 Å². The van der Waals surface area contributed by atoms with Gasteiger partial charge >= 0.3 is 0 Å². The number of hydrogen-bond acceptors (Lipinski definition) is 25. The van der Waals surface area contributed by atoms with Crippen LogP contribution < -0.4 is 52.6 Å². The van der Waals surface area contributed by atoms with Crippen LogP contribution in [0.1, 0.15) is 118 Å². The fourth-order valence-electron chi connectivity index (χ4n) is 12.1. The van der Waals surface area contributed by atoms with E-state index >= 15 is 0 Å². The number of nitrogens with zero attached hydrogens (tertiary/aromatic N) is 12. The number of rotatable bonds is 50. The third-order valence-electron chi connectivity index (χ3n) is 18.1. The predicted molar refractivity (Wildman–Crippen MR) is 442 cm³/mol. The van der Waals surface area contributed by atoms with Gasteiger partial charge in [-0.2, -0.15) is 0 Å². The van der Waals surface area contributed by atoms with E-state index in [0.717, 1.165) is 32.3 Å². The first-order chi connectivity index (χ1) is 58.0. The molecule has 7 aromatic heterocycles. The first kappa shape index (κ1) is 90.5. The number of imidazole rings is 3. The minimum Gasteiger partial charge on any atom is -0.491 e. The summed E-state index contributed by atoms with van der Waals surface area (Å²) in [4.78, 5) is 135. The van der Waals surface area contributed by atoms with Gasteiger partial charge in [-0.05, 0) is 62.7 Å². The summed E-state index contributed by atoms with van der Waals surface area (Å²) >= 11 is 7.92. The summed E-state index contributed by atoms with van der Waals surface area (Å²) in [6, 6.07) is 17.1. The number of hydrogen-bond donors (Lipinski definition) is 9. The van der Waals surface area contributed by atoms with Crippen LogP contribution in [-0.4, -0.2) is 250 Å². The van der Waals surface area contributed by atoms with Gasteiger partial charge in [0, 0.05) is 151 Å². The van der Waals surface area contributed by atoms with Crippen LogP contribution in [0.2, 0.25) is 5.02 Å². The Labute approximate surface area is 700 Å². The number of thiophene rings is 1. The van der Waals surface area contributed by atoms with Gasteiger partial charge in [-0.1, -0.05) is 29.8 Å². The van der Waals surface area contributed by atoms with Crippen LogP contribution >= 0.6 is 22.9 Å². The molecule has 9 aromatic rings. The maximum absolute atomic E-state index is 13.7. The summed E-state index contributed by atoms with van der Waals surface area (Å²) in [6.07, 6.45) is 8.84. The van der Waals surface area contributed by atoms with E-state index in [4.69, 9.17) is 59.2 Å². The molecule has 1 aliphatic heterocycles. The molecule has 1 atom stereocenters. The van der Waals surface area contributed by atoms with E-state index in [1.807, 2.05) is 47.9 Å². The van der Waals surface area contributed by atoms with E-state index in [1.54, 1.807) is 75.7 Å². The average Bonchev–Trinajstić information content (AvgIpc) is 1.59. The van der Waals surface area contributed by atoms with Crippen molar-refractivity contribution in [2.24, 2.45) is 40.2 Å². The van der Waals surface area contributed by atoms with Gasteiger partial charge in [0.25, 0.3) is 29.5 Å². The zero-order valence-electron chi connectivity index (χ0n) is 68.0. The van der Waals surface area contributed by atoms with Crippen molar-refractivity contribution in [2.45, 2.75) is 52.5 Å². The molecule has 0 fully saturated rings. The Morgan fingerprint density at radius 3 is 1.46 bits per heavy atom. The molecule has 0 saturated carbocycles. The number of halogens is 1. The molecule has 0 aliphatic carbocycles. The second kappa shape index (κ2) is 45.9. The number of carbonyl (C=O) groups is 9. The number of aromatic nitrogens is 11. The number of aliphatic imine (C=N–C) groups is 1. The van der Waals surface area contributed by atoms with Gasteiger partial charge < -0.3 is 113 Å². The van der Waals surface area contributed by atoms with E-state index in [9.17, 15) is 43.2 Å². The van der Waals surface area contributed by atoms with Crippen LogP contribution in [0, 0.1) is 20.8 Å². The van der Waals surface area contributed by atoms with Gasteiger partial charge in [0.05, 0.1) is 129 Å². The van der Waals surface area contributed by atoms with Crippen molar-refractivity contribution >= 4 is 111 Å². The van der Waals surface area contributed by atoms with E-state index in [1.165, 1.54) is 55.2 Å². The highest BCUT2D eigenvalue weighted by atomic mass is 35.5. The molecule has 9 N–H and O–H groups in total. The first-order valence-corrected chi connectivity index (χ1v) is 39.9. The molecule has 1 aliphatic rings. The fraction of sp³-hybridized carbons (Fsp3) is 0.430. The summed E-state index contributed by atoms with van der Waals surface area (Å²) in [7, 11) is 8.04. The third kappa shape index (κ3) is 27.1. The maximum Gasteiger partial charge on any atom is 0.291 e. The summed E-state index contributed by atoms with van der Waals surface area (Å²) in [5.41, 5.74) is 5.41. The van der Waals surface area contributed by atoms with Gasteiger partial charge in [0.1, 0.15) is 40.6 Å². The lowest BCUT2D eigenvalue weighted by Gasteiger charge is -2.14. The van der Waals surface area contributed by atoms with Crippen molar-refractivity contribution in [3.05, 3.63) is 165 Å². The fourth-order valence-corrected chi connectivity index (χ4v) is 13.4. The van der Waals surface area contributed by atoms with Crippen LogP contribution in [0.4, 0.5) is 28.7 Å². The molecule has 41 heteroatoms. The summed E-state index contributed by atoms with van der Waals surface area (Å²) in [5.74, 6) is -2.00. The van der Waals surface area contributed by atoms with Crippen molar-refractivity contribution < 1.29 is 85.8 Å². The molecule has 0 spiro atoms. The highest BCUT2D eigenvalue weighted by Gasteiger charge is 2.33. The van der Waals surface area contributed by atoms with E-state index in [2.05, 4.69) is 86.8 Å². The molecule has 642 valence electrons. The second-order valence-corrected chi connectivity index (χ2v) is 28.9. The number of carbonyl (C=O) groups excluding carboxylic acids is 9. The minimum atomic E-state index is -0.641. The van der Waals surface area contributed by atoms with Crippen molar-refractivity contribution in [3.63, 3.8) is 0 Å². The number of fused-ring (bicyclic) bond motifs is 3. The molecule has 120 heavy (non-hydrogen) atoms. The third-order valence-corrected chi connectivity index (χ3v) is 19.6. The minimum absolute atomic E-state index is 0.00727. The Morgan fingerprint density at radius 2 is 0.942 bits per heavy atom. The standard InChI is InChI=1S/C79H100ClN21O18S/c1-50-51(2)120-79-68(50)69(53-12-14-54(80)15-13-53)89-59(70-95-94-52(3)101(70)79)45-67(105)86-55-10-9-11-58(42-55)119-41-40-118-39-38-117-37-36-116-35-34-115-33-32-114-31-30-113-29-28-112-27-26-111-25-23-81-64(102)16-19-85-76(108)72-92-62(48-99(72)7)90-65(103)17-20-84-75(107)61-44-57(47-98(61)6)88-78(110)73-93-63(49-100(73)8)91-66(104)18-21-83-74(106)60-43-56(46-97(60)5)87-77(109)71-82-22-24-96(71)4/h9-15,22,24,42-44,46-49,59H,16-21,23,25-41,45H2,1-8H3,(H,81,102)(H,83,106)(H,84,107)(H,85,108)(H,86,105)(H,87,109)(H,88,110)(H,90,103)(H,91,104). The van der Waals surface area contributed by atoms with Gasteiger partial charge in [-0.3, -0.25) is 52.7 Å². The van der Waals surface area contributed by atoms with Gasteiger partial charge in [-0.25, -0.2) is 15.0 Å². The van der Waals surface area contributed by atoms with E-state index < -0.39 is 47.4 Å². The molecule has 0 saturated heterocycles. The van der Waals surface area contributed by atoms with Gasteiger partial charge in [0.2, 0.25) is 35.3 Å². The van der Waals surface area contributed by atoms with E-state index in [-0.39, 0.29) is 116 Å².